The van der Waals surface area contributed by atoms with Crippen LogP contribution >= 0.6 is 49.9 Å². The standard InChI is InChI=1S/C16H15BrIN3O2S/c1-21-3-2-8-11(6-21)24-16-12(8)15(23)19-14(20-16)9-4-7(17)5-10(18)13(9)22/h4-5,14,20,22H,2-3,6H2,1H3,(H,19,23)/t14-/m1/s1. The number of fused-ring (bicyclic) bond motifs is 3. The molecule has 3 heterocycles. The molecule has 1 aromatic heterocycles. The number of anilines is 1. The molecular formula is C16H15BrIN3O2S. The summed E-state index contributed by atoms with van der Waals surface area (Å²) >= 11 is 7.19. The van der Waals surface area contributed by atoms with Gasteiger partial charge in [-0.2, -0.15) is 0 Å². The van der Waals surface area contributed by atoms with Gasteiger partial charge in [0, 0.05) is 28.0 Å². The Morgan fingerprint density at radius 2 is 2.21 bits per heavy atom. The van der Waals surface area contributed by atoms with Gasteiger partial charge in [0.2, 0.25) is 0 Å². The van der Waals surface area contributed by atoms with Crippen LogP contribution < -0.4 is 10.6 Å². The first-order valence-corrected chi connectivity index (χ1v) is 10.2. The zero-order valence-electron chi connectivity index (χ0n) is 12.8. The van der Waals surface area contributed by atoms with Crippen molar-refractivity contribution in [3.05, 3.63) is 41.7 Å². The van der Waals surface area contributed by atoms with Gasteiger partial charge in [-0.3, -0.25) is 4.79 Å². The number of rotatable bonds is 1. The molecule has 0 saturated carbocycles. The van der Waals surface area contributed by atoms with Crippen LogP contribution in [-0.4, -0.2) is 29.5 Å². The Labute approximate surface area is 165 Å². The van der Waals surface area contributed by atoms with E-state index in [1.54, 1.807) is 11.3 Å². The van der Waals surface area contributed by atoms with Gasteiger partial charge in [-0.15, -0.1) is 11.3 Å². The van der Waals surface area contributed by atoms with E-state index in [0.717, 1.165) is 38.1 Å². The number of phenolic OH excluding ortho intramolecular Hbond substituents is 1. The molecule has 0 spiro atoms. The minimum Gasteiger partial charge on any atom is -0.506 e. The summed E-state index contributed by atoms with van der Waals surface area (Å²) in [6, 6.07) is 3.68. The number of carbonyl (C=O) groups excluding carboxylic acids is 1. The van der Waals surface area contributed by atoms with Crippen molar-refractivity contribution in [1.82, 2.24) is 10.2 Å². The van der Waals surface area contributed by atoms with Gasteiger partial charge in [-0.25, -0.2) is 0 Å². The largest absolute Gasteiger partial charge is 0.506 e. The molecule has 0 fully saturated rings. The van der Waals surface area contributed by atoms with Crippen molar-refractivity contribution in [2.24, 2.45) is 0 Å². The van der Waals surface area contributed by atoms with Crippen LogP contribution in [0, 0.1) is 3.57 Å². The second kappa shape index (κ2) is 6.15. The van der Waals surface area contributed by atoms with Crippen LogP contribution in [0.3, 0.4) is 0 Å². The van der Waals surface area contributed by atoms with Gasteiger partial charge in [0.15, 0.2) is 0 Å². The number of halogens is 2. The number of nitrogens with one attached hydrogen (secondary N) is 2. The Morgan fingerprint density at radius 1 is 1.42 bits per heavy atom. The molecule has 0 aliphatic carbocycles. The average Bonchev–Trinajstić information content (AvgIpc) is 2.88. The second-order valence-electron chi connectivity index (χ2n) is 6.07. The van der Waals surface area contributed by atoms with Gasteiger partial charge in [0.1, 0.15) is 16.9 Å². The van der Waals surface area contributed by atoms with Gasteiger partial charge in [-0.05, 0) is 53.8 Å². The average molecular weight is 520 g/mol. The number of benzene rings is 1. The van der Waals surface area contributed by atoms with E-state index in [-0.39, 0.29) is 11.7 Å². The zero-order valence-corrected chi connectivity index (χ0v) is 17.4. The maximum Gasteiger partial charge on any atom is 0.256 e. The van der Waals surface area contributed by atoms with Crippen LogP contribution in [-0.2, 0) is 13.0 Å². The summed E-state index contributed by atoms with van der Waals surface area (Å²) < 4.78 is 1.61. The summed E-state index contributed by atoms with van der Waals surface area (Å²) in [5, 5.41) is 17.7. The fourth-order valence-corrected chi connectivity index (χ4v) is 6.11. The first kappa shape index (κ1) is 16.6. The predicted octanol–water partition coefficient (Wildman–Crippen LogP) is 3.66. The number of aromatic hydroxyl groups is 1. The summed E-state index contributed by atoms with van der Waals surface area (Å²) in [6.07, 6.45) is 0.464. The van der Waals surface area contributed by atoms with Gasteiger partial charge < -0.3 is 20.6 Å². The third-order valence-corrected chi connectivity index (χ3v) is 6.82. The number of thiophene rings is 1. The molecule has 0 bridgehead atoms. The number of likely N-dealkylation sites (N-methyl/N-ethyl adjacent to an activating group) is 1. The lowest BCUT2D eigenvalue weighted by molar-refractivity contribution is 0.0934. The predicted molar refractivity (Wildman–Crippen MR) is 107 cm³/mol. The van der Waals surface area contributed by atoms with Crippen LogP contribution in [0.4, 0.5) is 5.00 Å². The highest BCUT2D eigenvalue weighted by atomic mass is 127. The summed E-state index contributed by atoms with van der Waals surface area (Å²) in [4.78, 5) is 16.2. The Hall–Kier alpha value is -0.840. The van der Waals surface area contributed by atoms with Gasteiger partial charge in [-0.1, -0.05) is 15.9 Å². The van der Waals surface area contributed by atoms with Crippen molar-refractivity contribution in [3.63, 3.8) is 0 Å². The van der Waals surface area contributed by atoms with E-state index in [4.69, 9.17) is 0 Å². The zero-order chi connectivity index (χ0) is 17.0. The van der Waals surface area contributed by atoms with E-state index in [9.17, 15) is 9.90 Å². The van der Waals surface area contributed by atoms with Gasteiger partial charge >= 0.3 is 0 Å². The second-order valence-corrected chi connectivity index (χ2v) is 9.25. The smallest absolute Gasteiger partial charge is 0.256 e. The lowest BCUT2D eigenvalue weighted by Gasteiger charge is -2.28. The van der Waals surface area contributed by atoms with Crippen molar-refractivity contribution in [3.8, 4) is 5.75 Å². The SMILES string of the molecule is CN1CCc2c(sc3c2C(=O)N[C@@H](c2cc(Br)cc(I)c2O)N3)C1. The summed E-state index contributed by atoms with van der Waals surface area (Å²) in [7, 11) is 2.10. The fourth-order valence-electron chi connectivity index (χ4n) is 3.20. The van der Waals surface area contributed by atoms with Crippen LogP contribution in [0.25, 0.3) is 0 Å². The Morgan fingerprint density at radius 3 is 3.00 bits per heavy atom. The molecule has 3 N–H and O–H groups in total. The van der Waals surface area contributed by atoms with Crippen LogP contribution in [0.2, 0.25) is 0 Å². The van der Waals surface area contributed by atoms with E-state index < -0.39 is 6.17 Å². The number of hydrogen-bond acceptors (Lipinski definition) is 5. The highest BCUT2D eigenvalue weighted by Gasteiger charge is 2.33. The highest BCUT2D eigenvalue weighted by molar-refractivity contribution is 14.1. The van der Waals surface area contributed by atoms with Crippen LogP contribution in [0.15, 0.2) is 16.6 Å². The summed E-state index contributed by atoms with van der Waals surface area (Å²) in [5.74, 6) is 0.131. The maximum atomic E-state index is 12.7. The molecule has 1 atom stereocenters. The quantitative estimate of drug-likeness (QED) is 0.503. The topological polar surface area (TPSA) is 64.6 Å². The monoisotopic (exact) mass is 519 g/mol. The number of hydrogen-bond donors (Lipinski definition) is 3. The molecule has 0 unspecified atom stereocenters. The van der Waals surface area contributed by atoms with Crippen molar-refractivity contribution in [2.75, 3.05) is 18.9 Å². The Bertz CT molecular complexity index is 854. The summed E-state index contributed by atoms with van der Waals surface area (Å²) in [6.45, 7) is 1.85. The number of nitrogens with zero attached hydrogens (tertiary/aromatic N) is 1. The molecule has 8 heteroatoms. The minimum absolute atomic E-state index is 0.0646. The molecule has 0 radical (unpaired) electrons. The van der Waals surface area contributed by atoms with Crippen molar-refractivity contribution >= 4 is 60.8 Å². The molecule has 1 aromatic carbocycles. The molecule has 5 nitrogen and oxygen atoms in total. The third kappa shape index (κ3) is 2.73. The van der Waals surface area contributed by atoms with Gasteiger partial charge in [0.05, 0.1) is 9.13 Å². The lowest BCUT2D eigenvalue weighted by atomic mass is 10.0. The molecule has 2 aliphatic heterocycles. The molecule has 1 amide bonds. The van der Waals surface area contributed by atoms with E-state index in [1.807, 2.05) is 12.1 Å². The fraction of sp³-hybridized carbons (Fsp3) is 0.312. The Kier molecular flexibility index (Phi) is 4.26. The highest BCUT2D eigenvalue weighted by Crippen LogP contribution is 2.42. The molecule has 2 aliphatic rings. The normalized spacial score (nSPS) is 20.1. The van der Waals surface area contributed by atoms with Gasteiger partial charge in [0.25, 0.3) is 5.91 Å². The molecule has 0 saturated heterocycles. The van der Waals surface area contributed by atoms with Crippen LogP contribution in [0.5, 0.6) is 5.75 Å². The first-order valence-electron chi connectivity index (χ1n) is 7.52. The van der Waals surface area contributed by atoms with Crippen molar-refractivity contribution in [2.45, 2.75) is 19.1 Å². The van der Waals surface area contributed by atoms with Crippen LogP contribution in [0.1, 0.15) is 32.5 Å². The maximum absolute atomic E-state index is 12.7. The van der Waals surface area contributed by atoms with E-state index >= 15 is 0 Å². The number of carbonyl (C=O) groups is 1. The molecule has 126 valence electrons. The number of amides is 1. The molecule has 2 aromatic rings. The van der Waals surface area contributed by atoms with E-state index in [0.29, 0.717) is 5.56 Å². The van der Waals surface area contributed by atoms with Crippen molar-refractivity contribution < 1.29 is 9.90 Å². The number of phenols is 1. The van der Waals surface area contributed by atoms with E-state index in [2.05, 4.69) is 61.1 Å². The Balaban J connectivity index is 1.74. The third-order valence-electron chi connectivity index (χ3n) is 4.39. The molecular weight excluding hydrogens is 505 g/mol. The van der Waals surface area contributed by atoms with E-state index in [1.165, 1.54) is 10.4 Å². The van der Waals surface area contributed by atoms with Crippen molar-refractivity contribution in [1.29, 1.82) is 0 Å². The minimum atomic E-state index is -0.436. The first-order chi connectivity index (χ1) is 11.4. The summed E-state index contributed by atoms with van der Waals surface area (Å²) in [5.41, 5.74) is 2.62. The molecule has 24 heavy (non-hydrogen) atoms. The lowest BCUT2D eigenvalue weighted by Crippen LogP contribution is -2.38. The molecule has 4 rings (SSSR count).